The molecule has 0 saturated carbocycles. The van der Waals surface area contributed by atoms with Gasteiger partial charge in [-0.2, -0.15) is 21.0 Å². The van der Waals surface area contributed by atoms with Crippen LogP contribution in [0.5, 0.6) is 0 Å². The Morgan fingerprint density at radius 2 is 0.664 bits per heavy atom. The normalized spacial score (nSPS) is 12.2. The van der Waals surface area contributed by atoms with E-state index in [1.807, 2.05) is 45.3 Å². The molecular formula is C100H142N6S4. The summed E-state index contributed by atoms with van der Waals surface area (Å²) in [6.07, 6.45) is 60.6. The summed E-state index contributed by atoms with van der Waals surface area (Å²) < 4.78 is 4.82. The molecule has 6 heterocycles. The van der Waals surface area contributed by atoms with Crippen molar-refractivity contribution in [3.05, 3.63) is 115 Å². The molecule has 0 unspecified atom stereocenters. The average Bonchev–Trinajstić information content (AvgIpc) is 1.55. The van der Waals surface area contributed by atoms with Crippen molar-refractivity contribution in [2.75, 3.05) is 0 Å². The Morgan fingerprint density at radius 3 is 1.05 bits per heavy atom. The molecule has 596 valence electrons. The lowest BCUT2D eigenvalue weighted by molar-refractivity contribution is 0.448. The van der Waals surface area contributed by atoms with E-state index in [-0.39, 0.29) is 22.0 Å². The zero-order valence-electron chi connectivity index (χ0n) is 70.6. The number of unbranched alkanes of at least 4 members (excludes halogenated alkanes) is 40. The summed E-state index contributed by atoms with van der Waals surface area (Å²) in [6.45, 7) is 24.4. The van der Waals surface area contributed by atoms with Crippen LogP contribution in [0.3, 0.4) is 0 Å². The summed E-state index contributed by atoms with van der Waals surface area (Å²) in [5.41, 5.74) is 7.33. The number of nitriles is 4. The molecule has 0 spiro atoms. The summed E-state index contributed by atoms with van der Waals surface area (Å²) in [7, 11) is 0. The molecule has 110 heavy (non-hydrogen) atoms. The second-order valence-electron chi connectivity index (χ2n) is 33.8. The van der Waals surface area contributed by atoms with Gasteiger partial charge in [-0.1, -0.05) is 350 Å². The van der Waals surface area contributed by atoms with Gasteiger partial charge in [0.15, 0.2) is 0 Å². The number of rotatable bonds is 55. The van der Waals surface area contributed by atoms with E-state index in [1.54, 1.807) is 0 Å². The van der Waals surface area contributed by atoms with Gasteiger partial charge in [0, 0.05) is 89.8 Å². The third-order valence-corrected chi connectivity index (χ3v) is 29.6. The van der Waals surface area contributed by atoms with Gasteiger partial charge in [-0.05, 0) is 128 Å². The molecule has 2 aromatic carbocycles. The molecule has 8 rings (SSSR count). The second kappa shape index (κ2) is 48.9. The van der Waals surface area contributed by atoms with Gasteiger partial charge < -0.3 is 9.13 Å². The first-order valence-electron chi connectivity index (χ1n) is 44.9. The minimum absolute atomic E-state index is 0.0501. The van der Waals surface area contributed by atoms with Crippen molar-refractivity contribution in [3.63, 3.8) is 0 Å². The fourth-order valence-electron chi connectivity index (χ4n) is 16.8. The van der Waals surface area contributed by atoms with Crippen LogP contribution in [-0.2, 0) is 36.8 Å². The maximum atomic E-state index is 11.3. The number of thiophene rings is 4. The van der Waals surface area contributed by atoms with Gasteiger partial charge in [-0.15, -0.1) is 45.3 Å². The molecule has 0 atom stereocenters. The lowest BCUT2D eigenvalue weighted by atomic mass is 9.83. The van der Waals surface area contributed by atoms with E-state index in [2.05, 4.69) is 175 Å². The lowest BCUT2D eigenvalue weighted by Crippen LogP contribution is -2.17. The molecule has 8 aromatic rings. The molecule has 10 heteroatoms. The quantitative estimate of drug-likeness (QED) is 0.0354. The van der Waals surface area contributed by atoms with E-state index < -0.39 is 0 Å². The van der Waals surface area contributed by atoms with Crippen LogP contribution in [0.4, 0.5) is 0 Å². The van der Waals surface area contributed by atoms with Crippen molar-refractivity contribution in [1.82, 2.24) is 9.13 Å². The number of hydrogen-bond acceptors (Lipinski definition) is 8. The van der Waals surface area contributed by atoms with Gasteiger partial charge in [-0.25, -0.2) is 0 Å². The highest BCUT2D eigenvalue weighted by Gasteiger charge is 2.27. The van der Waals surface area contributed by atoms with Gasteiger partial charge >= 0.3 is 0 Å². The van der Waals surface area contributed by atoms with E-state index in [4.69, 9.17) is 0 Å². The summed E-state index contributed by atoms with van der Waals surface area (Å²) in [4.78, 5) is 11.1. The van der Waals surface area contributed by atoms with Crippen molar-refractivity contribution in [2.24, 2.45) is 0 Å². The summed E-state index contributed by atoms with van der Waals surface area (Å²) in [5.74, 6) is 0. The fraction of sp³-hybridized carbons (Fsp3) is 0.620. The van der Waals surface area contributed by atoms with E-state index in [0.29, 0.717) is 23.5 Å². The van der Waals surface area contributed by atoms with Crippen molar-refractivity contribution in [3.8, 4) is 64.0 Å². The molecule has 0 bridgehead atoms. The molecule has 0 amide bonds. The first kappa shape index (κ1) is 89.6. The predicted octanol–water partition coefficient (Wildman–Crippen LogP) is 31.9. The standard InChI is InChI=1S/C100H142N6S4/c1-11-17-21-25-29-33-37-39-41-45-49-53-57-78-70-90(109-97(78)88-64-63-87(107-88)91-71-79(58-54-50-46-42-40-38-34-30-26-22-18-12-2)98(110-91)89-65-66-92(108-89)100(10,15-5)16-6)77-59-61-83-85(69-77)105(67-55-51-47-43-35-31-27-23-19-13-3)95(93(83)80(73-101)74-102)96-94(81(75-103)76-104)84-62-60-82(99(7,8)9)72-86(84)106(96)68-56-52-48-44-36-32-28-24-20-14-4/h59-66,69-72H,11-58,67-68H2,1-10H3/b96-95+. The molecule has 0 saturated heterocycles. The van der Waals surface area contributed by atoms with Crippen LogP contribution in [-0.4, -0.2) is 9.13 Å². The Kier molecular flexibility index (Phi) is 39.8. The maximum Gasteiger partial charge on any atom is 0.139 e. The highest BCUT2D eigenvalue weighted by Crippen LogP contribution is 2.49. The number of nitrogens with zero attached hydrogens (tertiary/aromatic N) is 6. The number of hydrogen-bond donors (Lipinski definition) is 0. The SMILES string of the molecule is CCCCCCCCCCCCCCc1cc(-c2ccc3c(=C(C#N)C#N)/c(=c4/c(=C(C#N)C#N)c5ccc(C(C)(C)C)cc5n4CCCCCCCCCCCC)n(CCCCCCCCCCCC)c3c2)sc1-c1ccc(-c2cc(CCCCCCCCCCCCCC)c(-c3ccc(C(C)(CC)CC)s3)s2)s1. The van der Waals surface area contributed by atoms with Crippen molar-refractivity contribution < 1.29 is 0 Å². The van der Waals surface area contributed by atoms with Crippen LogP contribution in [0.15, 0.2) is 72.8 Å². The zero-order chi connectivity index (χ0) is 78.4. The monoisotopic (exact) mass is 1560 g/mol. The second-order valence-corrected chi connectivity index (χ2v) is 38.1. The number of fused-ring (bicyclic) bond motifs is 2. The van der Waals surface area contributed by atoms with Crippen LogP contribution in [0.1, 0.15) is 386 Å². The van der Waals surface area contributed by atoms with Crippen LogP contribution in [0, 0.1) is 56.0 Å². The molecular weight excluding hydrogens is 1410 g/mol. The molecule has 0 N–H and O–H groups in total. The van der Waals surface area contributed by atoms with Gasteiger partial charge in [0.2, 0.25) is 0 Å². The third-order valence-electron chi connectivity index (χ3n) is 24.2. The Morgan fingerprint density at radius 1 is 0.327 bits per heavy atom. The Labute approximate surface area is 684 Å². The van der Waals surface area contributed by atoms with Crippen molar-refractivity contribution in [2.45, 2.75) is 401 Å². The average molecular weight is 1560 g/mol. The highest BCUT2D eigenvalue weighted by atomic mass is 32.1. The van der Waals surface area contributed by atoms with Gasteiger partial charge in [0.05, 0.1) is 10.7 Å². The Balaban J connectivity index is 1.25. The van der Waals surface area contributed by atoms with Crippen molar-refractivity contribution >= 4 is 78.3 Å². The highest BCUT2D eigenvalue weighted by molar-refractivity contribution is 7.29. The van der Waals surface area contributed by atoms with Gasteiger partial charge in [-0.3, -0.25) is 0 Å². The van der Waals surface area contributed by atoms with E-state index in [0.717, 1.165) is 109 Å². The molecule has 6 nitrogen and oxygen atoms in total. The predicted molar refractivity (Wildman–Crippen MR) is 483 cm³/mol. The first-order valence-corrected chi connectivity index (χ1v) is 48.2. The van der Waals surface area contributed by atoms with E-state index >= 15 is 0 Å². The maximum absolute atomic E-state index is 11.3. The number of aryl methyl sites for hydroxylation is 4. The van der Waals surface area contributed by atoms with Crippen LogP contribution in [0.2, 0.25) is 0 Å². The fourth-order valence-corrected chi connectivity index (χ4v) is 21.9. The molecule has 0 fully saturated rings. The Hall–Kier alpha value is -5.98. The molecule has 0 radical (unpaired) electrons. The van der Waals surface area contributed by atoms with E-state index in [9.17, 15) is 21.0 Å². The third kappa shape index (κ3) is 26.0. The molecule has 0 aliphatic heterocycles. The largest absolute Gasteiger partial charge is 0.339 e. The van der Waals surface area contributed by atoms with Crippen LogP contribution in [0.25, 0.3) is 72.7 Å². The smallest absolute Gasteiger partial charge is 0.139 e. The summed E-state index contributed by atoms with van der Waals surface area (Å²) in [6, 6.07) is 37.9. The molecule has 6 aromatic heterocycles. The van der Waals surface area contributed by atoms with Gasteiger partial charge in [0.25, 0.3) is 0 Å². The van der Waals surface area contributed by atoms with Gasteiger partial charge in [0.1, 0.15) is 35.4 Å². The Bertz CT molecular complexity index is 4420. The zero-order valence-corrected chi connectivity index (χ0v) is 73.9. The van der Waals surface area contributed by atoms with Crippen LogP contribution < -0.4 is 10.4 Å². The summed E-state index contributed by atoms with van der Waals surface area (Å²) >= 11 is 7.95. The minimum Gasteiger partial charge on any atom is -0.339 e. The van der Waals surface area contributed by atoms with E-state index in [1.165, 1.54) is 293 Å². The lowest BCUT2D eigenvalue weighted by Gasteiger charge is -2.25. The van der Waals surface area contributed by atoms with Crippen molar-refractivity contribution in [1.29, 1.82) is 21.0 Å². The number of benzene rings is 2. The first-order chi connectivity index (χ1) is 53.8. The summed E-state index contributed by atoms with van der Waals surface area (Å²) in [5, 5.41) is 49.4. The molecule has 0 aliphatic carbocycles. The number of aromatic nitrogens is 2. The van der Waals surface area contributed by atoms with Crippen LogP contribution >= 0.6 is 45.3 Å². The topological polar surface area (TPSA) is 105 Å². The minimum atomic E-state index is -0.170. The molecule has 0 aliphatic rings.